The Hall–Kier alpha value is -2.15. The van der Waals surface area contributed by atoms with Gasteiger partial charge >= 0.3 is 0 Å². The van der Waals surface area contributed by atoms with E-state index in [4.69, 9.17) is 23.2 Å². The Bertz CT molecular complexity index is 855. The SMILES string of the molecule is O=C(CN1CCN(C(=O)c2ccc(Cl)cc2F)CC1)Nc1ccccc1Cl. The molecule has 1 heterocycles. The standard InChI is InChI=1S/C19H18Cl2FN3O2/c20-13-5-6-14(16(22)11-13)19(27)25-9-7-24(8-10-25)12-18(26)23-17-4-2-1-3-15(17)21/h1-6,11H,7-10,12H2,(H,23,26). The van der Waals surface area contributed by atoms with Gasteiger partial charge in [0.25, 0.3) is 5.91 Å². The molecule has 0 saturated carbocycles. The lowest BCUT2D eigenvalue weighted by atomic mass is 10.1. The fraction of sp³-hybridized carbons (Fsp3) is 0.263. The highest BCUT2D eigenvalue weighted by atomic mass is 35.5. The summed E-state index contributed by atoms with van der Waals surface area (Å²) in [5.74, 6) is -1.18. The predicted molar refractivity (Wildman–Crippen MR) is 104 cm³/mol. The molecular formula is C19H18Cl2FN3O2. The molecule has 142 valence electrons. The Labute approximate surface area is 166 Å². The zero-order chi connectivity index (χ0) is 19.4. The molecule has 3 rings (SSSR count). The van der Waals surface area contributed by atoms with Gasteiger partial charge in [0.15, 0.2) is 0 Å². The van der Waals surface area contributed by atoms with Gasteiger partial charge in [-0.25, -0.2) is 4.39 Å². The molecule has 0 radical (unpaired) electrons. The molecule has 0 aliphatic carbocycles. The van der Waals surface area contributed by atoms with Crippen molar-refractivity contribution in [3.8, 4) is 0 Å². The van der Waals surface area contributed by atoms with Crippen LogP contribution in [-0.4, -0.2) is 54.3 Å². The van der Waals surface area contributed by atoms with Crippen molar-refractivity contribution in [2.24, 2.45) is 0 Å². The molecule has 8 heteroatoms. The van der Waals surface area contributed by atoms with Crippen molar-refractivity contribution in [2.45, 2.75) is 0 Å². The van der Waals surface area contributed by atoms with Crippen LogP contribution in [0.15, 0.2) is 42.5 Å². The van der Waals surface area contributed by atoms with Crippen molar-refractivity contribution in [3.63, 3.8) is 0 Å². The van der Waals surface area contributed by atoms with Crippen LogP contribution in [0, 0.1) is 5.82 Å². The first-order chi connectivity index (χ1) is 12.9. The lowest BCUT2D eigenvalue weighted by molar-refractivity contribution is -0.117. The number of halogens is 3. The molecule has 2 amide bonds. The Morgan fingerprint density at radius 3 is 2.41 bits per heavy atom. The second kappa shape index (κ2) is 8.69. The molecule has 2 aromatic rings. The molecule has 1 aliphatic heterocycles. The summed E-state index contributed by atoms with van der Waals surface area (Å²) in [6.45, 7) is 2.08. The molecule has 0 bridgehead atoms. The quantitative estimate of drug-likeness (QED) is 0.839. The van der Waals surface area contributed by atoms with Gasteiger partial charge in [-0.3, -0.25) is 14.5 Å². The Morgan fingerprint density at radius 2 is 1.74 bits per heavy atom. The highest BCUT2D eigenvalue weighted by molar-refractivity contribution is 6.33. The number of amides is 2. The van der Waals surface area contributed by atoms with Crippen LogP contribution in [-0.2, 0) is 4.79 Å². The number of carbonyl (C=O) groups excluding carboxylic acids is 2. The molecule has 0 unspecified atom stereocenters. The first kappa shape index (κ1) is 19.6. The normalized spacial score (nSPS) is 14.9. The van der Waals surface area contributed by atoms with E-state index in [0.717, 1.165) is 6.07 Å². The number of hydrogen-bond donors (Lipinski definition) is 1. The van der Waals surface area contributed by atoms with Crippen molar-refractivity contribution < 1.29 is 14.0 Å². The minimum atomic E-state index is -0.631. The van der Waals surface area contributed by atoms with E-state index in [1.165, 1.54) is 12.1 Å². The number of anilines is 1. The average Bonchev–Trinajstić information content (AvgIpc) is 2.64. The van der Waals surface area contributed by atoms with Gasteiger partial charge in [0.05, 0.1) is 22.8 Å². The molecule has 1 fully saturated rings. The predicted octanol–water partition coefficient (Wildman–Crippen LogP) is 3.53. The maximum atomic E-state index is 13.9. The lowest BCUT2D eigenvalue weighted by Crippen LogP contribution is -2.50. The summed E-state index contributed by atoms with van der Waals surface area (Å²) in [6.07, 6.45) is 0. The van der Waals surface area contributed by atoms with Gasteiger partial charge in [-0.05, 0) is 30.3 Å². The van der Waals surface area contributed by atoms with Crippen LogP contribution in [0.25, 0.3) is 0 Å². The van der Waals surface area contributed by atoms with Crippen LogP contribution in [0.1, 0.15) is 10.4 Å². The topological polar surface area (TPSA) is 52.7 Å². The Balaban J connectivity index is 1.52. The van der Waals surface area contributed by atoms with Crippen molar-refractivity contribution in [1.29, 1.82) is 0 Å². The molecule has 0 aromatic heterocycles. The van der Waals surface area contributed by atoms with Crippen LogP contribution in [0.2, 0.25) is 10.0 Å². The first-order valence-electron chi connectivity index (χ1n) is 8.45. The summed E-state index contributed by atoms with van der Waals surface area (Å²) in [5, 5.41) is 3.50. The monoisotopic (exact) mass is 409 g/mol. The zero-order valence-corrected chi connectivity index (χ0v) is 15.9. The number of nitrogens with zero attached hydrogens (tertiary/aromatic N) is 2. The second-order valence-electron chi connectivity index (χ2n) is 6.22. The van der Waals surface area contributed by atoms with E-state index in [2.05, 4.69) is 5.32 Å². The van der Waals surface area contributed by atoms with Gasteiger partial charge in [-0.1, -0.05) is 35.3 Å². The van der Waals surface area contributed by atoms with E-state index in [1.54, 1.807) is 29.2 Å². The van der Waals surface area contributed by atoms with E-state index < -0.39 is 5.82 Å². The number of carbonyl (C=O) groups is 2. The number of benzene rings is 2. The molecule has 0 atom stereocenters. The van der Waals surface area contributed by atoms with Crippen molar-refractivity contribution in [3.05, 3.63) is 63.9 Å². The smallest absolute Gasteiger partial charge is 0.256 e. The molecule has 2 aromatic carbocycles. The maximum absolute atomic E-state index is 13.9. The lowest BCUT2D eigenvalue weighted by Gasteiger charge is -2.34. The summed E-state index contributed by atoms with van der Waals surface area (Å²) in [6, 6.07) is 11.0. The van der Waals surface area contributed by atoms with E-state index in [0.29, 0.717) is 36.9 Å². The highest BCUT2D eigenvalue weighted by Gasteiger charge is 2.25. The van der Waals surface area contributed by atoms with E-state index in [9.17, 15) is 14.0 Å². The van der Waals surface area contributed by atoms with Crippen LogP contribution in [0.3, 0.4) is 0 Å². The minimum absolute atomic E-state index is 0.00399. The average molecular weight is 410 g/mol. The Kier molecular flexibility index (Phi) is 6.31. The van der Waals surface area contributed by atoms with Crippen LogP contribution < -0.4 is 5.32 Å². The van der Waals surface area contributed by atoms with E-state index in [1.807, 2.05) is 4.90 Å². The molecule has 5 nitrogen and oxygen atoms in total. The van der Waals surface area contributed by atoms with Crippen LogP contribution in [0.4, 0.5) is 10.1 Å². The number of para-hydroxylation sites is 1. The first-order valence-corrected chi connectivity index (χ1v) is 9.20. The number of rotatable bonds is 4. The third-order valence-corrected chi connectivity index (χ3v) is 4.90. The number of nitrogens with one attached hydrogen (secondary N) is 1. The van der Waals surface area contributed by atoms with E-state index >= 15 is 0 Å². The van der Waals surface area contributed by atoms with Gasteiger partial charge in [-0.15, -0.1) is 0 Å². The van der Waals surface area contributed by atoms with Crippen LogP contribution in [0.5, 0.6) is 0 Å². The highest BCUT2D eigenvalue weighted by Crippen LogP contribution is 2.20. The summed E-state index contributed by atoms with van der Waals surface area (Å²) < 4.78 is 13.9. The third-order valence-electron chi connectivity index (χ3n) is 4.34. The van der Waals surface area contributed by atoms with Gasteiger partial charge in [0.2, 0.25) is 5.91 Å². The summed E-state index contributed by atoms with van der Waals surface area (Å²) in [7, 11) is 0. The van der Waals surface area contributed by atoms with Crippen molar-refractivity contribution in [2.75, 3.05) is 38.0 Å². The molecule has 0 spiro atoms. The molecule has 1 aliphatic rings. The Morgan fingerprint density at radius 1 is 1.04 bits per heavy atom. The van der Waals surface area contributed by atoms with Gasteiger partial charge in [0.1, 0.15) is 5.82 Å². The largest absolute Gasteiger partial charge is 0.336 e. The second-order valence-corrected chi connectivity index (χ2v) is 7.06. The van der Waals surface area contributed by atoms with Crippen molar-refractivity contribution >= 4 is 40.7 Å². The molecule has 1 saturated heterocycles. The van der Waals surface area contributed by atoms with Crippen molar-refractivity contribution in [1.82, 2.24) is 9.80 Å². The summed E-state index contributed by atoms with van der Waals surface area (Å²) in [4.78, 5) is 28.2. The fourth-order valence-corrected chi connectivity index (χ4v) is 3.24. The van der Waals surface area contributed by atoms with Crippen LogP contribution >= 0.6 is 23.2 Å². The maximum Gasteiger partial charge on any atom is 0.256 e. The van der Waals surface area contributed by atoms with E-state index in [-0.39, 0.29) is 28.9 Å². The molecule has 27 heavy (non-hydrogen) atoms. The summed E-state index contributed by atoms with van der Waals surface area (Å²) >= 11 is 11.8. The number of hydrogen-bond acceptors (Lipinski definition) is 3. The fourth-order valence-electron chi connectivity index (χ4n) is 2.90. The van der Waals surface area contributed by atoms with Gasteiger partial charge < -0.3 is 10.2 Å². The number of piperazine rings is 1. The zero-order valence-electron chi connectivity index (χ0n) is 14.4. The molecule has 1 N–H and O–H groups in total. The summed E-state index contributed by atoms with van der Waals surface area (Å²) in [5.41, 5.74) is 0.570. The van der Waals surface area contributed by atoms with Gasteiger partial charge in [0, 0.05) is 31.2 Å². The third kappa shape index (κ3) is 4.97. The molecular weight excluding hydrogens is 392 g/mol. The van der Waals surface area contributed by atoms with Gasteiger partial charge in [-0.2, -0.15) is 0 Å². The minimum Gasteiger partial charge on any atom is -0.336 e.